The van der Waals surface area contributed by atoms with E-state index in [1.807, 2.05) is 0 Å². The van der Waals surface area contributed by atoms with E-state index in [1.54, 1.807) is 30.4 Å². The van der Waals surface area contributed by atoms with Gasteiger partial charge in [-0.2, -0.15) is 0 Å². The lowest BCUT2D eigenvalue weighted by Gasteiger charge is -1.98. The van der Waals surface area contributed by atoms with Crippen LogP contribution in [-0.2, 0) is 4.79 Å². The van der Waals surface area contributed by atoms with Crippen molar-refractivity contribution in [2.24, 2.45) is 0 Å². The first-order valence-electron chi connectivity index (χ1n) is 4.13. The molecule has 1 aromatic carbocycles. The van der Waals surface area contributed by atoms with Gasteiger partial charge >= 0.3 is 0 Å². The molecule has 0 atom stereocenters. The molecule has 0 bridgehead atoms. The van der Waals surface area contributed by atoms with Gasteiger partial charge in [-0.25, -0.2) is 0 Å². The second-order valence-corrected chi connectivity index (χ2v) is 3.11. The van der Waals surface area contributed by atoms with Crippen molar-refractivity contribution in [1.29, 1.82) is 0 Å². The Balaban J connectivity index is 2.88. The molecule has 0 saturated carbocycles. The van der Waals surface area contributed by atoms with Gasteiger partial charge in [0.2, 0.25) is 0 Å². The monoisotopic (exact) mass is 208 g/mol. The van der Waals surface area contributed by atoms with Crippen LogP contribution in [0.3, 0.4) is 0 Å². The van der Waals surface area contributed by atoms with Crippen LogP contribution in [-0.4, -0.2) is 12.6 Å². The van der Waals surface area contributed by atoms with Crippen LogP contribution in [0.5, 0.6) is 0 Å². The highest BCUT2D eigenvalue weighted by atomic mass is 35.5. The van der Waals surface area contributed by atoms with Crippen molar-refractivity contribution >= 4 is 30.2 Å². The number of hydrogen-bond acceptors (Lipinski definition) is 2. The van der Waals surface area contributed by atoms with Crippen molar-refractivity contribution in [1.82, 2.24) is 0 Å². The van der Waals surface area contributed by atoms with Gasteiger partial charge in [-0.3, -0.25) is 4.79 Å². The smallest absolute Gasteiger partial charge is 0.150 e. The van der Waals surface area contributed by atoms with Crippen LogP contribution in [0.15, 0.2) is 24.3 Å². The van der Waals surface area contributed by atoms with Gasteiger partial charge in [0, 0.05) is 17.0 Å². The normalized spacial score (nSPS) is 10.4. The fourth-order valence-electron chi connectivity index (χ4n) is 1.00. The maximum Gasteiger partial charge on any atom is 0.150 e. The highest BCUT2D eigenvalue weighted by Gasteiger charge is 1.97. The number of carbonyl (C=O) groups excluding carboxylic acids is 2. The van der Waals surface area contributed by atoms with Crippen LogP contribution in [0.2, 0.25) is 5.02 Å². The fraction of sp³-hybridized carbons (Fsp3) is 0.0909. The van der Waals surface area contributed by atoms with E-state index < -0.39 is 0 Å². The molecule has 0 aliphatic heterocycles. The molecule has 0 radical (unpaired) electrons. The minimum absolute atomic E-state index is 0.367. The minimum atomic E-state index is 0.367. The Hall–Kier alpha value is -1.41. The van der Waals surface area contributed by atoms with Gasteiger partial charge < -0.3 is 4.79 Å². The minimum Gasteiger partial charge on any atom is -0.303 e. The number of carbonyl (C=O) groups is 2. The zero-order valence-electron chi connectivity index (χ0n) is 7.44. The molecule has 0 unspecified atom stereocenters. The molecule has 0 amide bonds. The van der Waals surface area contributed by atoms with E-state index in [4.69, 9.17) is 11.6 Å². The number of allylic oxidation sites excluding steroid dienone is 1. The van der Waals surface area contributed by atoms with Crippen molar-refractivity contribution in [2.45, 2.75) is 6.42 Å². The fourth-order valence-corrected chi connectivity index (χ4v) is 1.25. The van der Waals surface area contributed by atoms with Crippen molar-refractivity contribution in [3.63, 3.8) is 0 Å². The SMILES string of the molecule is O=CCC=Cc1ccc(C=O)cc1Cl. The first-order valence-corrected chi connectivity index (χ1v) is 4.50. The Morgan fingerprint density at radius 3 is 2.64 bits per heavy atom. The number of halogens is 1. The van der Waals surface area contributed by atoms with Gasteiger partial charge in [0.25, 0.3) is 0 Å². The Labute approximate surface area is 87.2 Å². The summed E-state index contributed by atoms with van der Waals surface area (Å²) in [4.78, 5) is 20.5. The van der Waals surface area contributed by atoms with Crippen LogP contribution in [0.25, 0.3) is 6.08 Å². The molecule has 0 heterocycles. The molecule has 0 aromatic heterocycles. The summed E-state index contributed by atoms with van der Waals surface area (Å²) in [7, 11) is 0. The second-order valence-electron chi connectivity index (χ2n) is 2.70. The third kappa shape index (κ3) is 2.82. The molecule has 0 spiro atoms. The van der Waals surface area contributed by atoms with Gasteiger partial charge in [0.1, 0.15) is 12.6 Å². The molecule has 0 N–H and O–H groups in total. The number of rotatable bonds is 4. The highest BCUT2D eigenvalue weighted by molar-refractivity contribution is 6.32. The molecule has 72 valence electrons. The summed E-state index contributed by atoms with van der Waals surface area (Å²) in [5.41, 5.74) is 1.35. The van der Waals surface area contributed by atoms with Crippen LogP contribution < -0.4 is 0 Å². The summed E-state index contributed by atoms with van der Waals surface area (Å²) in [6.07, 6.45) is 5.39. The first kappa shape index (κ1) is 10.7. The lowest BCUT2D eigenvalue weighted by atomic mass is 10.1. The number of aldehydes is 2. The Bertz CT molecular complexity index is 370. The Morgan fingerprint density at radius 2 is 2.07 bits per heavy atom. The maximum atomic E-state index is 10.4. The van der Waals surface area contributed by atoms with E-state index in [0.29, 0.717) is 17.0 Å². The molecule has 0 aliphatic carbocycles. The topological polar surface area (TPSA) is 34.1 Å². The van der Waals surface area contributed by atoms with E-state index in [2.05, 4.69) is 0 Å². The summed E-state index contributed by atoms with van der Waals surface area (Å²) in [5, 5.41) is 0.511. The molecular weight excluding hydrogens is 200 g/mol. The first-order chi connectivity index (χ1) is 6.77. The van der Waals surface area contributed by atoms with Gasteiger partial charge in [-0.1, -0.05) is 35.9 Å². The molecular formula is C11H9ClO2. The van der Waals surface area contributed by atoms with Crippen LogP contribution in [0, 0.1) is 0 Å². The van der Waals surface area contributed by atoms with E-state index in [0.717, 1.165) is 18.1 Å². The molecule has 0 saturated heterocycles. The largest absolute Gasteiger partial charge is 0.303 e. The van der Waals surface area contributed by atoms with Crippen LogP contribution in [0.1, 0.15) is 22.3 Å². The molecule has 1 rings (SSSR count). The van der Waals surface area contributed by atoms with Crippen molar-refractivity contribution in [3.05, 3.63) is 40.4 Å². The standard InChI is InChI=1S/C11H9ClO2/c12-11-7-9(8-14)4-5-10(11)3-1-2-6-13/h1,3-8H,2H2. The quantitative estimate of drug-likeness (QED) is 0.713. The summed E-state index contributed by atoms with van der Waals surface area (Å²) in [6, 6.07) is 5.02. The highest BCUT2D eigenvalue weighted by Crippen LogP contribution is 2.18. The van der Waals surface area contributed by atoms with E-state index in [1.165, 1.54) is 0 Å². The molecule has 1 aromatic rings. The van der Waals surface area contributed by atoms with Gasteiger partial charge in [-0.15, -0.1) is 0 Å². The predicted molar refractivity (Wildman–Crippen MR) is 56.6 cm³/mol. The zero-order valence-corrected chi connectivity index (χ0v) is 8.20. The van der Waals surface area contributed by atoms with Crippen LogP contribution >= 0.6 is 11.6 Å². The van der Waals surface area contributed by atoms with Crippen molar-refractivity contribution in [3.8, 4) is 0 Å². The number of benzene rings is 1. The maximum absolute atomic E-state index is 10.4. The van der Waals surface area contributed by atoms with Crippen molar-refractivity contribution in [2.75, 3.05) is 0 Å². The van der Waals surface area contributed by atoms with E-state index in [-0.39, 0.29) is 0 Å². The zero-order chi connectivity index (χ0) is 10.4. The van der Waals surface area contributed by atoms with E-state index >= 15 is 0 Å². The van der Waals surface area contributed by atoms with Crippen LogP contribution in [0.4, 0.5) is 0 Å². The molecule has 14 heavy (non-hydrogen) atoms. The third-order valence-corrected chi connectivity index (χ3v) is 2.02. The van der Waals surface area contributed by atoms with Gasteiger partial charge in [-0.05, 0) is 11.6 Å². The molecule has 0 fully saturated rings. The molecule has 2 nitrogen and oxygen atoms in total. The summed E-state index contributed by atoms with van der Waals surface area (Å²) in [6.45, 7) is 0. The summed E-state index contributed by atoms with van der Waals surface area (Å²) < 4.78 is 0. The number of hydrogen-bond donors (Lipinski definition) is 0. The second kappa shape index (κ2) is 5.35. The predicted octanol–water partition coefficient (Wildman–Crippen LogP) is 2.75. The summed E-state index contributed by atoms with van der Waals surface area (Å²) in [5.74, 6) is 0. The molecule has 0 aliphatic rings. The lowest BCUT2D eigenvalue weighted by Crippen LogP contribution is -1.81. The Kier molecular flexibility index (Phi) is 4.08. The average Bonchev–Trinajstić information content (AvgIpc) is 2.20. The average molecular weight is 209 g/mol. The van der Waals surface area contributed by atoms with E-state index in [9.17, 15) is 9.59 Å². The van der Waals surface area contributed by atoms with Crippen molar-refractivity contribution < 1.29 is 9.59 Å². The Morgan fingerprint density at radius 1 is 1.29 bits per heavy atom. The lowest BCUT2D eigenvalue weighted by molar-refractivity contribution is -0.107. The summed E-state index contributed by atoms with van der Waals surface area (Å²) >= 11 is 5.89. The van der Waals surface area contributed by atoms with Gasteiger partial charge in [0.05, 0.1) is 0 Å². The third-order valence-electron chi connectivity index (χ3n) is 1.69. The molecule has 3 heteroatoms. The van der Waals surface area contributed by atoms with Gasteiger partial charge in [0.15, 0.2) is 0 Å².